The first-order valence-corrected chi connectivity index (χ1v) is 9.01. The average Bonchev–Trinajstić information content (AvgIpc) is 3.13. The van der Waals surface area contributed by atoms with E-state index < -0.39 is 0 Å². The van der Waals surface area contributed by atoms with Crippen LogP contribution in [0.2, 0.25) is 0 Å². The van der Waals surface area contributed by atoms with Crippen molar-refractivity contribution < 1.29 is 0 Å². The number of hydrogen-bond acceptors (Lipinski definition) is 5. The Balaban J connectivity index is 2.09. The molecule has 2 aromatic heterocycles. The van der Waals surface area contributed by atoms with Gasteiger partial charge in [-0.3, -0.25) is 0 Å². The second-order valence-corrected chi connectivity index (χ2v) is 6.71. The molecule has 0 fully saturated rings. The van der Waals surface area contributed by atoms with Gasteiger partial charge in [0.15, 0.2) is 0 Å². The van der Waals surface area contributed by atoms with E-state index >= 15 is 0 Å². The molecule has 0 amide bonds. The molecule has 0 bridgehead atoms. The fourth-order valence-corrected chi connectivity index (χ4v) is 4.37. The van der Waals surface area contributed by atoms with Gasteiger partial charge in [-0.15, -0.1) is 16.4 Å². The van der Waals surface area contributed by atoms with Crippen molar-refractivity contribution in [2.75, 3.05) is 6.54 Å². The van der Waals surface area contributed by atoms with Gasteiger partial charge in [-0.05, 0) is 46.9 Å². The molecule has 0 aliphatic heterocycles. The summed E-state index contributed by atoms with van der Waals surface area (Å²) in [7, 11) is 0. The summed E-state index contributed by atoms with van der Waals surface area (Å²) in [5.41, 5.74) is 2.48. The van der Waals surface area contributed by atoms with Gasteiger partial charge in [-0.25, -0.2) is 0 Å². The van der Waals surface area contributed by atoms with Crippen molar-refractivity contribution in [2.24, 2.45) is 0 Å². The van der Waals surface area contributed by atoms with Gasteiger partial charge >= 0.3 is 0 Å². The normalized spacial score (nSPS) is 12.9. The summed E-state index contributed by atoms with van der Waals surface area (Å²) >= 11 is 3.33. The van der Waals surface area contributed by atoms with Crippen LogP contribution in [0.4, 0.5) is 0 Å². The Bertz CT molecular complexity index is 717. The molecule has 21 heavy (non-hydrogen) atoms. The minimum absolute atomic E-state index is 0.193. The highest BCUT2D eigenvalue weighted by molar-refractivity contribution is 7.17. The highest BCUT2D eigenvalue weighted by atomic mass is 32.1. The van der Waals surface area contributed by atoms with Gasteiger partial charge < -0.3 is 5.32 Å². The number of nitrogens with one attached hydrogen (secondary N) is 1. The van der Waals surface area contributed by atoms with Crippen LogP contribution in [-0.4, -0.2) is 16.1 Å². The van der Waals surface area contributed by atoms with E-state index in [1.807, 2.05) is 11.3 Å². The molecular formula is C16H19N3S2. The van der Waals surface area contributed by atoms with E-state index in [0.717, 1.165) is 25.1 Å². The van der Waals surface area contributed by atoms with Crippen LogP contribution in [0.25, 0.3) is 10.1 Å². The van der Waals surface area contributed by atoms with Crippen LogP contribution in [-0.2, 0) is 6.42 Å². The molecular weight excluding hydrogens is 298 g/mol. The lowest BCUT2D eigenvalue weighted by atomic mass is 10.0. The van der Waals surface area contributed by atoms with Gasteiger partial charge in [0, 0.05) is 4.70 Å². The van der Waals surface area contributed by atoms with Gasteiger partial charge in [-0.1, -0.05) is 43.0 Å². The SMILES string of the molecule is CCCc1nnsc1C(NCC)c1cccc2ccsc12. The number of rotatable bonds is 6. The van der Waals surface area contributed by atoms with E-state index in [1.165, 1.54) is 32.1 Å². The number of thiophene rings is 1. The maximum atomic E-state index is 4.33. The van der Waals surface area contributed by atoms with Crippen LogP contribution in [0, 0.1) is 0 Å². The number of nitrogens with zero attached hydrogens (tertiary/aromatic N) is 2. The summed E-state index contributed by atoms with van der Waals surface area (Å²) in [6.45, 7) is 5.26. The average molecular weight is 317 g/mol. The molecule has 1 N–H and O–H groups in total. The van der Waals surface area contributed by atoms with Crippen molar-refractivity contribution in [3.63, 3.8) is 0 Å². The Morgan fingerprint density at radius 2 is 2.14 bits per heavy atom. The summed E-state index contributed by atoms with van der Waals surface area (Å²) in [5, 5.41) is 11.4. The van der Waals surface area contributed by atoms with Gasteiger partial charge in [-0.2, -0.15) is 0 Å². The first kappa shape index (κ1) is 14.6. The van der Waals surface area contributed by atoms with Crippen LogP contribution < -0.4 is 5.32 Å². The van der Waals surface area contributed by atoms with E-state index in [1.54, 1.807) is 0 Å². The molecule has 0 radical (unpaired) electrons. The third-order valence-electron chi connectivity index (χ3n) is 3.56. The molecule has 3 rings (SSSR count). The zero-order valence-corrected chi connectivity index (χ0v) is 13.9. The van der Waals surface area contributed by atoms with Crippen LogP contribution in [0.15, 0.2) is 29.6 Å². The van der Waals surface area contributed by atoms with E-state index in [9.17, 15) is 0 Å². The Morgan fingerprint density at radius 1 is 1.24 bits per heavy atom. The molecule has 1 atom stereocenters. The smallest absolute Gasteiger partial charge is 0.0807 e. The van der Waals surface area contributed by atoms with Crippen molar-refractivity contribution in [2.45, 2.75) is 32.7 Å². The molecule has 110 valence electrons. The summed E-state index contributed by atoms with van der Waals surface area (Å²) < 4.78 is 5.55. The fourth-order valence-electron chi connectivity index (χ4n) is 2.64. The van der Waals surface area contributed by atoms with Crippen molar-refractivity contribution in [3.05, 3.63) is 45.8 Å². The summed E-state index contributed by atoms with van der Waals surface area (Å²) in [4.78, 5) is 1.26. The minimum atomic E-state index is 0.193. The van der Waals surface area contributed by atoms with E-state index in [0.29, 0.717) is 0 Å². The lowest BCUT2D eigenvalue weighted by molar-refractivity contribution is 0.635. The van der Waals surface area contributed by atoms with Crippen LogP contribution in [0.3, 0.4) is 0 Å². The molecule has 2 heterocycles. The predicted octanol–water partition coefficient (Wildman–Crippen LogP) is 4.40. The molecule has 1 unspecified atom stereocenters. The number of hydrogen-bond donors (Lipinski definition) is 1. The number of fused-ring (bicyclic) bond motifs is 1. The molecule has 0 aliphatic carbocycles. The van der Waals surface area contributed by atoms with Crippen molar-refractivity contribution in [1.82, 2.24) is 14.9 Å². The van der Waals surface area contributed by atoms with Crippen molar-refractivity contribution >= 4 is 33.0 Å². The second kappa shape index (κ2) is 6.64. The van der Waals surface area contributed by atoms with E-state index in [2.05, 4.69) is 58.4 Å². The Kier molecular flexibility index (Phi) is 4.63. The number of aryl methyl sites for hydroxylation is 1. The van der Waals surface area contributed by atoms with E-state index in [4.69, 9.17) is 0 Å². The second-order valence-electron chi connectivity index (χ2n) is 5.01. The molecule has 3 aromatic rings. The Morgan fingerprint density at radius 3 is 2.95 bits per heavy atom. The molecule has 0 saturated heterocycles. The Labute approximate surface area is 133 Å². The minimum Gasteiger partial charge on any atom is -0.306 e. The van der Waals surface area contributed by atoms with Crippen molar-refractivity contribution in [3.8, 4) is 0 Å². The zero-order valence-electron chi connectivity index (χ0n) is 12.3. The number of benzene rings is 1. The monoisotopic (exact) mass is 317 g/mol. The van der Waals surface area contributed by atoms with Crippen LogP contribution in [0.1, 0.15) is 42.4 Å². The van der Waals surface area contributed by atoms with E-state index in [-0.39, 0.29) is 6.04 Å². The predicted molar refractivity (Wildman–Crippen MR) is 91.2 cm³/mol. The molecule has 0 aliphatic rings. The third kappa shape index (κ3) is 2.86. The summed E-state index contributed by atoms with van der Waals surface area (Å²) in [5.74, 6) is 0. The maximum Gasteiger partial charge on any atom is 0.0807 e. The van der Waals surface area contributed by atoms with Gasteiger partial charge in [0.1, 0.15) is 0 Å². The quantitative estimate of drug-likeness (QED) is 0.732. The summed E-state index contributed by atoms with van der Waals surface area (Å²) in [6.07, 6.45) is 2.09. The first-order valence-electron chi connectivity index (χ1n) is 7.35. The lowest BCUT2D eigenvalue weighted by Crippen LogP contribution is -2.22. The molecule has 3 nitrogen and oxygen atoms in total. The highest BCUT2D eigenvalue weighted by Gasteiger charge is 2.22. The topological polar surface area (TPSA) is 37.8 Å². The van der Waals surface area contributed by atoms with Gasteiger partial charge in [0.05, 0.1) is 16.6 Å². The molecule has 0 spiro atoms. The number of aromatic nitrogens is 2. The first-order chi connectivity index (χ1) is 10.3. The molecule has 5 heteroatoms. The molecule has 0 saturated carbocycles. The Hall–Kier alpha value is -1.30. The highest BCUT2D eigenvalue weighted by Crippen LogP contribution is 2.34. The molecule has 1 aromatic carbocycles. The van der Waals surface area contributed by atoms with Gasteiger partial charge in [0.2, 0.25) is 0 Å². The van der Waals surface area contributed by atoms with Crippen LogP contribution >= 0.6 is 22.9 Å². The standard InChI is InChI=1S/C16H19N3S2/c1-3-6-13-16(21-19-18-13)14(17-4-2)12-8-5-7-11-9-10-20-15(11)12/h5,7-10,14,17H,3-4,6H2,1-2H3. The largest absolute Gasteiger partial charge is 0.306 e. The fraction of sp³-hybridized carbons (Fsp3) is 0.375. The van der Waals surface area contributed by atoms with Gasteiger partial charge in [0.25, 0.3) is 0 Å². The zero-order chi connectivity index (χ0) is 14.7. The maximum absolute atomic E-state index is 4.33. The van der Waals surface area contributed by atoms with Crippen molar-refractivity contribution in [1.29, 1.82) is 0 Å². The summed E-state index contributed by atoms with van der Waals surface area (Å²) in [6, 6.07) is 8.92. The lowest BCUT2D eigenvalue weighted by Gasteiger charge is -2.18. The van der Waals surface area contributed by atoms with Crippen LogP contribution in [0.5, 0.6) is 0 Å². The third-order valence-corrected chi connectivity index (χ3v) is 5.37.